The van der Waals surface area contributed by atoms with Gasteiger partial charge in [0.05, 0.1) is 25.6 Å². The van der Waals surface area contributed by atoms with Crippen LogP contribution in [-0.2, 0) is 24.2 Å². The lowest BCUT2D eigenvalue weighted by atomic mass is 9.94. The summed E-state index contributed by atoms with van der Waals surface area (Å²) in [4.78, 5) is 21.7. The van der Waals surface area contributed by atoms with Gasteiger partial charge in [0.2, 0.25) is 5.91 Å². The van der Waals surface area contributed by atoms with Gasteiger partial charge in [-0.3, -0.25) is 10.2 Å². The van der Waals surface area contributed by atoms with Crippen molar-refractivity contribution in [2.75, 3.05) is 13.7 Å². The second-order valence-electron chi connectivity index (χ2n) is 6.72. The Hall–Kier alpha value is -2.51. The van der Waals surface area contributed by atoms with Crippen molar-refractivity contribution in [3.8, 4) is 5.75 Å². The summed E-state index contributed by atoms with van der Waals surface area (Å²) in [6.45, 7) is 0.923. The first-order valence-electron chi connectivity index (χ1n) is 8.98. The van der Waals surface area contributed by atoms with E-state index in [9.17, 15) is 4.79 Å². The molecule has 2 atom stereocenters. The summed E-state index contributed by atoms with van der Waals surface area (Å²) in [7, 11) is 1.64. The molecule has 3 N–H and O–H groups in total. The molecule has 2 heterocycles. The Morgan fingerprint density at radius 3 is 3.19 bits per heavy atom. The van der Waals surface area contributed by atoms with E-state index in [2.05, 4.69) is 26.1 Å². The number of nitrogens with one attached hydrogen (secondary N) is 3. The van der Waals surface area contributed by atoms with Gasteiger partial charge in [0.15, 0.2) is 0 Å². The fourth-order valence-electron chi connectivity index (χ4n) is 3.63. The molecule has 1 aliphatic carbocycles. The lowest BCUT2D eigenvalue weighted by Crippen LogP contribution is -2.35. The van der Waals surface area contributed by atoms with E-state index in [1.807, 2.05) is 30.5 Å². The van der Waals surface area contributed by atoms with Crippen molar-refractivity contribution in [1.29, 1.82) is 0 Å². The van der Waals surface area contributed by atoms with Crippen molar-refractivity contribution in [3.63, 3.8) is 0 Å². The Kier molecular flexibility index (Phi) is 4.81. The predicted octanol–water partition coefficient (Wildman–Crippen LogP) is 1.06. The molecular weight excluding hydrogens is 330 g/mol. The zero-order chi connectivity index (χ0) is 17.9. The summed E-state index contributed by atoms with van der Waals surface area (Å²) in [6.07, 6.45) is 5.10. The zero-order valence-corrected chi connectivity index (χ0v) is 14.8. The lowest BCUT2D eigenvalue weighted by Gasteiger charge is -2.19. The van der Waals surface area contributed by atoms with Crippen LogP contribution >= 0.6 is 0 Å². The number of hydrazine groups is 1. The number of fused-ring (bicyclic) bond motifs is 1. The number of rotatable bonds is 5. The summed E-state index contributed by atoms with van der Waals surface area (Å²) in [5, 5.41) is 2.99. The highest BCUT2D eigenvalue weighted by Gasteiger charge is 2.34. The van der Waals surface area contributed by atoms with E-state index in [-0.39, 0.29) is 17.9 Å². The van der Waals surface area contributed by atoms with Crippen molar-refractivity contribution in [2.24, 2.45) is 5.92 Å². The molecule has 136 valence electrons. The average molecular weight is 353 g/mol. The van der Waals surface area contributed by atoms with Gasteiger partial charge in [-0.1, -0.05) is 12.1 Å². The maximum absolute atomic E-state index is 12.7. The molecule has 7 nitrogen and oxygen atoms in total. The number of hydrogen-bond donors (Lipinski definition) is 3. The standard InChI is InChI=1S/C19H23N5O2/c1-26-14-6-2-4-12(8-14)18-15(10-22-24-18)19(25)21-11-17-20-9-13-5-3-7-16(13)23-17/h2,4,6,8-9,15,18,22,24H,3,5,7,10-11H2,1H3,(H,21,25). The van der Waals surface area contributed by atoms with Gasteiger partial charge in [-0.15, -0.1) is 0 Å². The molecular formula is C19H23N5O2. The number of methoxy groups -OCH3 is 1. The molecule has 2 unspecified atom stereocenters. The van der Waals surface area contributed by atoms with Crippen LogP contribution in [0.25, 0.3) is 0 Å². The van der Waals surface area contributed by atoms with Crippen molar-refractivity contribution < 1.29 is 9.53 Å². The third kappa shape index (κ3) is 3.40. The second-order valence-corrected chi connectivity index (χ2v) is 6.72. The van der Waals surface area contributed by atoms with Gasteiger partial charge in [-0.25, -0.2) is 15.4 Å². The number of benzene rings is 1. The van der Waals surface area contributed by atoms with Crippen molar-refractivity contribution in [1.82, 2.24) is 26.1 Å². The fraction of sp³-hybridized carbons (Fsp3) is 0.421. The minimum Gasteiger partial charge on any atom is -0.497 e. The molecule has 0 radical (unpaired) electrons. The van der Waals surface area contributed by atoms with E-state index in [4.69, 9.17) is 4.74 Å². The van der Waals surface area contributed by atoms with Gasteiger partial charge in [-0.05, 0) is 42.5 Å². The first-order valence-corrected chi connectivity index (χ1v) is 8.98. The second kappa shape index (κ2) is 7.39. The van der Waals surface area contributed by atoms with Gasteiger partial charge in [0.25, 0.3) is 0 Å². The number of hydrogen-bond acceptors (Lipinski definition) is 6. The van der Waals surface area contributed by atoms with Gasteiger partial charge in [0, 0.05) is 18.4 Å². The van der Waals surface area contributed by atoms with Crippen LogP contribution in [0.15, 0.2) is 30.5 Å². The Morgan fingerprint density at radius 1 is 1.38 bits per heavy atom. The van der Waals surface area contributed by atoms with Crippen LogP contribution in [0.2, 0.25) is 0 Å². The number of aryl methyl sites for hydroxylation is 2. The quantitative estimate of drug-likeness (QED) is 0.745. The van der Waals surface area contributed by atoms with E-state index in [1.54, 1.807) is 7.11 Å². The largest absolute Gasteiger partial charge is 0.497 e. The molecule has 0 saturated carbocycles. The maximum Gasteiger partial charge on any atom is 0.226 e. The highest BCUT2D eigenvalue weighted by atomic mass is 16.5. The van der Waals surface area contributed by atoms with Crippen molar-refractivity contribution in [3.05, 3.63) is 53.1 Å². The van der Waals surface area contributed by atoms with E-state index in [1.165, 1.54) is 5.56 Å². The average Bonchev–Trinajstić information content (AvgIpc) is 3.35. The van der Waals surface area contributed by atoms with Crippen molar-refractivity contribution >= 4 is 5.91 Å². The molecule has 2 aromatic rings. The number of carbonyl (C=O) groups excluding carboxylic acids is 1. The molecule has 1 fully saturated rings. The minimum atomic E-state index is -0.212. The van der Waals surface area contributed by atoms with Crippen LogP contribution in [-0.4, -0.2) is 29.5 Å². The van der Waals surface area contributed by atoms with E-state index in [0.29, 0.717) is 18.9 Å². The normalized spacial score (nSPS) is 21.4. The molecule has 4 rings (SSSR count). The molecule has 1 aliphatic heterocycles. The topological polar surface area (TPSA) is 88.2 Å². The smallest absolute Gasteiger partial charge is 0.226 e. The number of aromatic nitrogens is 2. The first kappa shape index (κ1) is 16.9. The molecule has 1 aromatic heterocycles. The Bertz CT molecular complexity index is 810. The third-order valence-corrected chi connectivity index (χ3v) is 5.06. The molecule has 1 amide bonds. The predicted molar refractivity (Wildman–Crippen MR) is 96.3 cm³/mol. The highest BCUT2D eigenvalue weighted by Crippen LogP contribution is 2.27. The van der Waals surface area contributed by atoms with E-state index >= 15 is 0 Å². The van der Waals surface area contributed by atoms with Crippen LogP contribution in [0.3, 0.4) is 0 Å². The van der Waals surface area contributed by atoms with Crippen LogP contribution in [0.4, 0.5) is 0 Å². The van der Waals surface area contributed by atoms with E-state index in [0.717, 1.165) is 36.3 Å². The summed E-state index contributed by atoms with van der Waals surface area (Å²) in [6, 6.07) is 7.67. The molecule has 26 heavy (non-hydrogen) atoms. The molecule has 2 aliphatic rings. The van der Waals surface area contributed by atoms with Crippen LogP contribution in [0, 0.1) is 5.92 Å². The first-order chi connectivity index (χ1) is 12.7. The highest BCUT2D eigenvalue weighted by molar-refractivity contribution is 5.80. The maximum atomic E-state index is 12.7. The number of nitrogens with zero attached hydrogens (tertiary/aromatic N) is 2. The molecule has 0 spiro atoms. The van der Waals surface area contributed by atoms with Gasteiger partial charge in [0.1, 0.15) is 11.6 Å². The fourth-order valence-corrected chi connectivity index (χ4v) is 3.63. The molecule has 0 bridgehead atoms. The SMILES string of the molecule is COc1cccc(C2NNCC2C(=O)NCc2ncc3c(n2)CCC3)c1. The lowest BCUT2D eigenvalue weighted by molar-refractivity contribution is -0.125. The summed E-state index contributed by atoms with van der Waals surface area (Å²) in [5.74, 6) is 1.23. The van der Waals surface area contributed by atoms with Gasteiger partial charge >= 0.3 is 0 Å². The Morgan fingerprint density at radius 2 is 2.31 bits per heavy atom. The number of carbonyl (C=O) groups is 1. The molecule has 7 heteroatoms. The monoisotopic (exact) mass is 353 g/mol. The minimum absolute atomic E-state index is 0.0144. The summed E-state index contributed by atoms with van der Waals surface area (Å²) < 4.78 is 5.29. The summed E-state index contributed by atoms with van der Waals surface area (Å²) in [5.41, 5.74) is 9.66. The van der Waals surface area contributed by atoms with Gasteiger partial charge in [-0.2, -0.15) is 0 Å². The summed E-state index contributed by atoms with van der Waals surface area (Å²) >= 11 is 0. The van der Waals surface area contributed by atoms with Crippen LogP contribution in [0.1, 0.15) is 35.1 Å². The Labute approximate surface area is 152 Å². The third-order valence-electron chi connectivity index (χ3n) is 5.06. The molecule has 1 saturated heterocycles. The molecule has 1 aromatic carbocycles. The van der Waals surface area contributed by atoms with Gasteiger partial charge < -0.3 is 10.1 Å². The van der Waals surface area contributed by atoms with Crippen LogP contribution < -0.4 is 20.9 Å². The Balaban J connectivity index is 1.42. The number of amides is 1. The van der Waals surface area contributed by atoms with Crippen LogP contribution in [0.5, 0.6) is 5.75 Å². The van der Waals surface area contributed by atoms with E-state index < -0.39 is 0 Å². The zero-order valence-electron chi connectivity index (χ0n) is 14.8. The van der Waals surface area contributed by atoms with Crippen molar-refractivity contribution in [2.45, 2.75) is 31.8 Å². The number of ether oxygens (including phenoxy) is 1.